The number of carbonyl (C=O) groups excluding carboxylic acids is 2. The molecule has 2 rings (SSSR count). The van der Waals surface area contributed by atoms with Crippen LogP contribution in [0.2, 0.25) is 0 Å². The fraction of sp³-hybridized carbons (Fsp3) is 0.222. The average Bonchev–Trinajstić information content (AvgIpc) is 2.61. The van der Waals surface area contributed by atoms with Crippen molar-refractivity contribution in [3.63, 3.8) is 0 Å². The molecule has 0 heterocycles. The van der Waals surface area contributed by atoms with Gasteiger partial charge in [-0.1, -0.05) is 54.6 Å². The van der Waals surface area contributed by atoms with Crippen molar-refractivity contribution < 1.29 is 19.4 Å². The molecule has 2 aromatic carbocycles. The SMILES string of the molecule is CO[C@@H](C(=O)NCc1ccc(-c2ccccc2)cc1)[C@@H](O)C=O. The van der Waals surface area contributed by atoms with Gasteiger partial charge in [0.1, 0.15) is 6.10 Å². The lowest BCUT2D eigenvalue weighted by atomic mass is 10.0. The van der Waals surface area contributed by atoms with Crippen molar-refractivity contribution in [2.75, 3.05) is 7.11 Å². The van der Waals surface area contributed by atoms with Gasteiger partial charge in [-0.3, -0.25) is 4.79 Å². The van der Waals surface area contributed by atoms with Gasteiger partial charge in [0, 0.05) is 13.7 Å². The lowest BCUT2D eigenvalue weighted by Gasteiger charge is -2.16. The number of hydrogen-bond acceptors (Lipinski definition) is 4. The maximum atomic E-state index is 11.9. The molecule has 0 radical (unpaired) electrons. The number of aldehydes is 1. The zero-order chi connectivity index (χ0) is 16.7. The van der Waals surface area contributed by atoms with Gasteiger partial charge in [-0.2, -0.15) is 0 Å². The number of hydrogen-bond donors (Lipinski definition) is 2. The quantitative estimate of drug-likeness (QED) is 0.760. The first-order valence-electron chi connectivity index (χ1n) is 7.24. The second-order valence-corrected chi connectivity index (χ2v) is 5.06. The van der Waals surface area contributed by atoms with Crippen LogP contribution >= 0.6 is 0 Å². The zero-order valence-electron chi connectivity index (χ0n) is 12.8. The van der Waals surface area contributed by atoms with E-state index in [0.29, 0.717) is 6.54 Å². The fourth-order valence-corrected chi connectivity index (χ4v) is 2.21. The third kappa shape index (κ3) is 4.48. The van der Waals surface area contributed by atoms with E-state index in [2.05, 4.69) is 5.32 Å². The summed E-state index contributed by atoms with van der Waals surface area (Å²) in [6.07, 6.45) is -2.39. The highest BCUT2D eigenvalue weighted by Gasteiger charge is 2.25. The lowest BCUT2D eigenvalue weighted by molar-refractivity contribution is -0.142. The molecular weight excluding hydrogens is 294 g/mol. The van der Waals surface area contributed by atoms with Gasteiger partial charge in [0.25, 0.3) is 5.91 Å². The molecule has 0 saturated carbocycles. The van der Waals surface area contributed by atoms with Crippen molar-refractivity contribution in [2.45, 2.75) is 18.8 Å². The molecule has 0 saturated heterocycles. The zero-order valence-corrected chi connectivity index (χ0v) is 12.8. The number of amides is 1. The third-order valence-corrected chi connectivity index (χ3v) is 3.49. The molecule has 0 aliphatic rings. The molecule has 2 N–H and O–H groups in total. The van der Waals surface area contributed by atoms with Crippen LogP contribution in [-0.4, -0.2) is 36.6 Å². The number of benzene rings is 2. The molecule has 5 nitrogen and oxygen atoms in total. The molecule has 1 amide bonds. The summed E-state index contributed by atoms with van der Waals surface area (Å²) in [7, 11) is 1.27. The first-order chi connectivity index (χ1) is 11.2. The van der Waals surface area contributed by atoms with Crippen LogP contribution < -0.4 is 5.32 Å². The number of carbonyl (C=O) groups is 2. The van der Waals surface area contributed by atoms with E-state index in [1.165, 1.54) is 7.11 Å². The maximum absolute atomic E-state index is 11.9. The smallest absolute Gasteiger partial charge is 0.252 e. The van der Waals surface area contributed by atoms with Gasteiger partial charge >= 0.3 is 0 Å². The normalized spacial score (nSPS) is 13.1. The molecule has 2 aromatic rings. The Balaban J connectivity index is 1.96. The van der Waals surface area contributed by atoms with Gasteiger partial charge in [0.2, 0.25) is 0 Å². The van der Waals surface area contributed by atoms with Crippen LogP contribution in [-0.2, 0) is 20.9 Å². The summed E-state index contributed by atoms with van der Waals surface area (Å²) >= 11 is 0. The summed E-state index contributed by atoms with van der Waals surface area (Å²) in [5.74, 6) is -0.528. The molecule has 5 heteroatoms. The lowest BCUT2D eigenvalue weighted by Crippen LogP contribution is -2.43. The first kappa shape index (κ1) is 16.9. The number of aliphatic hydroxyl groups excluding tert-OH is 1. The Bertz CT molecular complexity index is 640. The van der Waals surface area contributed by atoms with Crippen LogP contribution in [0.1, 0.15) is 5.56 Å². The Kier molecular flexibility index (Phi) is 6.02. The minimum absolute atomic E-state index is 0.280. The molecule has 0 unspecified atom stereocenters. The highest BCUT2D eigenvalue weighted by atomic mass is 16.5. The van der Waals surface area contributed by atoms with Crippen molar-refractivity contribution in [3.8, 4) is 11.1 Å². The number of nitrogens with one attached hydrogen (secondary N) is 1. The molecule has 0 aromatic heterocycles. The molecular formula is C18H19NO4. The predicted molar refractivity (Wildman–Crippen MR) is 86.6 cm³/mol. The van der Waals surface area contributed by atoms with Crippen molar-refractivity contribution in [1.82, 2.24) is 5.32 Å². The van der Waals surface area contributed by atoms with Gasteiger partial charge in [0.15, 0.2) is 12.4 Å². The fourth-order valence-electron chi connectivity index (χ4n) is 2.21. The van der Waals surface area contributed by atoms with E-state index < -0.39 is 18.1 Å². The maximum Gasteiger partial charge on any atom is 0.252 e. The van der Waals surface area contributed by atoms with E-state index in [4.69, 9.17) is 4.74 Å². The monoisotopic (exact) mass is 313 g/mol. The molecule has 23 heavy (non-hydrogen) atoms. The molecule has 0 spiro atoms. The predicted octanol–water partition coefficient (Wildman–Crippen LogP) is 1.54. The highest BCUT2D eigenvalue weighted by molar-refractivity contribution is 5.84. The minimum atomic E-state index is -1.47. The molecule has 120 valence electrons. The highest BCUT2D eigenvalue weighted by Crippen LogP contribution is 2.19. The third-order valence-electron chi connectivity index (χ3n) is 3.49. The second-order valence-electron chi connectivity index (χ2n) is 5.06. The Morgan fingerprint density at radius 2 is 1.74 bits per heavy atom. The number of methoxy groups -OCH3 is 1. The summed E-state index contributed by atoms with van der Waals surface area (Å²) in [4.78, 5) is 22.4. The molecule has 0 bridgehead atoms. The van der Waals surface area contributed by atoms with Crippen LogP contribution in [0.3, 0.4) is 0 Å². The largest absolute Gasteiger partial charge is 0.382 e. The van der Waals surface area contributed by atoms with E-state index >= 15 is 0 Å². The van der Waals surface area contributed by atoms with Gasteiger partial charge in [-0.15, -0.1) is 0 Å². The van der Waals surface area contributed by atoms with Gasteiger partial charge in [-0.05, 0) is 16.7 Å². The Morgan fingerprint density at radius 3 is 2.30 bits per heavy atom. The van der Waals surface area contributed by atoms with Crippen LogP contribution in [0.5, 0.6) is 0 Å². The first-order valence-corrected chi connectivity index (χ1v) is 7.24. The molecule has 0 fully saturated rings. The van der Waals surface area contributed by atoms with Gasteiger partial charge < -0.3 is 20.0 Å². The number of aliphatic hydroxyl groups is 1. The second kappa shape index (κ2) is 8.22. The molecule has 2 atom stereocenters. The van der Waals surface area contributed by atoms with Crippen LogP contribution in [0.25, 0.3) is 11.1 Å². The van der Waals surface area contributed by atoms with Crippen molar-refractivity contribution in [1.29, 1.82) is 0 Å². The van der Waals surface area contributed by atoms with E-state index in [-0.39, 0.29) is 6.29 Å². The Morgan fingerprint density at radius 1 is 1.13 bits per heavy atom. The van der Waals surface area contributed by atoms with E-state index in [1.54, 1.807) is 0 Å². The molecule has 0 aliphatic heterocycles. The van der Waals surface area contributed by atoms with Crippen molar-refractivity contribution in [3.05, 3.63) is 60.2 Å². The van der Waals surface area contributed by atoms with Crippen LogP contribution in [0, 0.1) is 0 Å². The number of ether oxygens (including phenoxy) is 1. The summed E-state index contributed by atoms with van der Waals surface area (Å²) in [6.45, 7) is 0.291. The van der Waals surface area contributed by atoms with Gasteiger partial charge in [-0.25, -0.2) is 0 Å². The average molecular weight is 313 g/mol. The molecule has 0 aliphatic carbocycles. The topological polar surface area (TPSA) is 75.6 Å². The van der Waals surface area contributed by atoms with E-state index in [1.807, 2.05) is 54.6 Å². The Hall–Kier alpha value is -2.50. The van der Waals surface area contributed by atoms with E-state index in [9.17, 15) is 14.7 Å². The summed E-state index contributed by atoms with van der Waals surface area (Å²) in [6, 6.07) is 17.8. The summed E-state index contributed by atoms with van der Waals surface area (Å²) < 4.78 is 4.84. The van der Waals surface area contributed by atoms with Crippen molar-refractivity contribution >= 4 is 12.2 Å². The standard InChI is InChI=1S/C18H19NO4/c1-23-17(16(21)12-20)18(22)19-11-13-7-9-15(10-8-13)14-5-3-2-4-6-14/h2-10,12,16-17,21H,11H2,1H3,(H,19,22)/t16-,17+/m0/s1. The van der Waals surface area contributed by atoms with Gasteiger partial charge in [0.05, 0.1) is 0 Å². The van der Waals surface area contributed by atoms with Crippen LogP contribution in [0.4, 0.5) is 0 Å². The summed E-state index contributed by atoms with van der Waals surface area (Å²) in [5, 5.41) is 12.0. The van der Waals surface area contributed by atoms with Crippen LogP contribution in [0.15, 0.2) is 54.6 Å². The summed E-state index contributed by atoms with van der Waals surface area (Å²) in [5.41, 5.74) is 3.12. The number of rotatable bonds is 7. The van der Waals surface area contributed by atoms with E-state index in [0.717, 1.165) is 16.7 Å². The van der Waals surface area contributed by atoms with Crippen molar-refractivity contribution in [2.24, 2.45) is 0 Å². The Labute approximate surface area is 134 Å². The minimum Gasteiger partial charge on any atom is -0.382 e.